The molecule has 2 amide bonds. The number of aromatic nitrogens is 1. The van der Waals surface area contributed by atoms with Gasteiger partial charge in [0.05, 0.1) is 6.54 Å². The number of carbonyl (C=O) groups excluding carboxylic acids is 1. The van der Waals surface area contributed by atoms with Crippen LogP contribution in [0.4, 0.5) is 10.5 Å². The highest BCUT2D eigenvalue weighted by Crippen LogP contribution is 2.16. The zero-order chi connectivity index (χ0) is 20.6. The third-order valence-electron chi connectivity index (χ3n) is 5.25. The molecule has 0 saturated carbocycles. The molecular weight excluding hydrogens is 358 g/mol. The Hall–Kier alpha value is -3.01. The van der Waals surface area contributed by atoms with Gasteiger partial charge in [-0.3, -0.25) is 0 Å². The topological polar surface area (TPSA) is 37.3 Å². The number of anilines is 1. The van der Waals surface area contributed by atoms with E-state index in [1.54, 1.807) is 0 Å². The summed E-state index contributed by atoms with van der Waals surface area (Å²) in [7, 11) is 0. The molecule has 0 bridgehead atoms. The first-order valence-electron chi connectivity index (χ1n) is 10.4. The number of nitrogens with one attached hydrogen (secondary N) is 1. The van der Waals surface area contributed by atoms with Crippen LogP contribution in [0.1, 0.15) is 42.1 Å². The number of hydrogen-bond donors (Lipinski definition) is 1. The largest absolute Gasteiger partial charge is 0.345 e. The molecular formula is C25H31N3O. The number of hydrogen-bond acceptors (Lipinski definition) is 1. The summed E-state index contributed by atoms with van der Waals surface area (Å²) in [5.74, 6) is 0. The molecule has 0 spiro atoms. The fraction of sp³-hybridized carbons (Fsp3) is 0.320. The number of unbranched alkanes of at least 4 members (excludes halogenated alkanes) is 1. The van der Waals surface area contributed by atoms with Gasteiger partial charge in [0, 0.05) is 30.7 Å². The van der Waals surface area contributed by atoms with Crippen molar-refractivity contribution >= 4 is 11.7 Å². The molecule has 29 heavy (non-hydrogen) atoms. The molecule has 0 atom stereocenters. The highest BCUT2D eigenvalue weighted by atomic mass is 16.2. The smallest absolute Gasteiger partial charge is 0.322 e. The molecule has 0 saturated heterocycles. The van der Waals surface area contributed by atoms with Gasteiger partial charge in [0.2, 0.25) is 0 Å². The maximum absolute atomic E-state index is 13.0. The van der Waals surface area contributed by atoms with E-state index in [0.29, 0.717) is 6.54 Å². The van der Waals surface area contributed by atoms with Gasteiger partial charge in [-0.2, -0.15) is 0 Å². The normalized spacial score (nSPS) is 10.7. The van der Waals surface area contributed by atoms with E-state index in [9.17, 15) is 4.79 Å². The molecule has 4 nitrogen and oxygen atoms in total. The van der Waals surface area contributed by atoms with E-state index in [2.05, 4.69) is 66.3 Å². The highest BCUT2D eigenvalue weighted by molar-refractivity contribution is 5.89. The van der Waals surface area contributed by atoms with Crippen molar-refractivity contribution in [2.24, 2.45) is 0 Å². The Morgan fingerprint density at radius 1 is 1.00 bits per heavy atom. The molecule has 0 unspecified atom stereocenters. The highest BCUT2D eigenvalue weighted by Gasteiger charge is 2.16. The summed E-state index contributed by atoms with van der Waals surface area (Å²) in [5.41, 5.74) is 5.74. The molecule has 2 aromatic carbocycles. The van der Waals surface area contributed by atoms with Crippen LogP contribution in [-0.2, 0) is 13.1 Å². The van der Waals surface area contributed by atoms with Gasteiger partial charge in [-0.05, 0) is 55.7 Å². The number of carbonyl (C=O) groups is 1. The molecule has 4 heteroatoms. The molecule has 0 fully saturated rings. The van der Waals surface area contributed by atoms with Crippen molar-refractivity contribution in [2.45, 2.75) is 46.7 Å². The van der Waals surface area contributed by atoms with Gasteiger partial charge in [-0.15, -0.1) is 0 Å². The van der Waals surface area contributed by atoms with Gasteiger partial charge < -0.3 is 14.8 Å². The summed E-state index contributed by atoms with van der Waals surface area (Å²) in [6.45, 7) is 8.48. The first-order valence-corrected chi connectivity index (χ1v) is 10.4. The zero-order valence-corrected chi connectivity index (χ0v) is 17.7. The lowest BCUT2D eigenvalue weighted by Gasteiger charge is -2.24. The van der Waals surface area contributed by atoms with Crippen molar-refractivity contribution in [1.29, 1.82) is 0 Å². The summed E-state index contributed by atoms with van der Waals surface area (Å²) in [4.78, 5) is 14.9. The van der Waals surface area contributed by atoms with Crippen molar-refractivity contribution in [3.63, 3.8) is 0 Å². The molecule has 0 aliphatic carbocycles. The Kier molecular flexibility index (Phi) is 7.12. The van der Waals surface area contributed by atoms with Crippen molar-refractivity contribution in [3.8, 4) is 0 Å². The predicted octanol–water partition coefficient (Wildman–Crippen LogP) is 5.99. The standard InChI is InChI=1S/C25H31N3O/c1-4-5-16-28(25(29)26-23-14-12-20(2)13-15-23)19-24-11-8-17-27(24)18-22-10-7-6-9-21(22)3/h6-15,17H,4-5,16,18-19H2,1-3H3,(H,26,29). The van der Waals surface area contributed by atoms with E-state index in [1.807, 2.05) is 36.1 Å². The summed E-state index contributed by atoms with van der Waals surface area (Å²) in [6.07, 6.45) is 4.13. The minimum Gasteiger partial charge on any atom is -0.345 e. The monoisotopic (exact) mass is 389 g/mol. The quantitative estimate of drug-likeness (QED) is 0.505. The fourth-order valence-corrected chi connectivity index (χ4v) is 3.35. The molecule has 3 aromatic rings. The average Bonchev–Trinajstić information content (AvgIpc) is 3.15. The lowest BCUT2D eigenvalue weighted by atomic mass is 10.1. The number of nitrogens with zero attached hydrogens (tertiary/aromatic N) is 2. The second kappa shape index (κ2) is 9.97. The third-order valence-corrected chi connectivity index (χ3v) is 5.25. The van der Waals surface area contributed by atoms with Gasteiger partial charge in [-0.1, -0.05) is 55.3 Å². The number of benzene rings is 2. The first kappa shape index (κ1) is 20.7. The van der Waals surface area contributed by atoms with Crippen molar-refractivity contribution in [1.82, 2.24) is 9.47 Å². The average molecular weight is 390 g/mol. The lowest BCUT2D eigenvalue weighted by molar-refractivity contribution is 0.207. The van der Waals surface area contributed by atoms with E-state index in [0.717, 1.165) is 37.3 Å². The van der Waals surface area contributed by atoms with Gasteiger partial charge in [0.15, 0.2) is 0 Å². The SMILES string of the molecule is CCCCN(Cc1cccn1Cc1ccccc1C)C(=O)Nc1ccc(C)cc1. The van der Waals surface area contributed by atoms with Crippen molar-refractivity contribution < 1.29 is 4.79 Å². The minimum atomic E-state index is -0.0501. The number of aryl methyl sites for hydroxylation is 2. The van der Waals surface area contributed by atoms with Gasteiger partial charge in [-0.25, -0.2) is 4.79 Å². The fourth-order valence-electron chi connectivity index (χ4n) is 3.35. The van der Waals surface area contributed by atoms with E-state index in [1.165, 1.54) is 16.7 Å². The summed E-state index contributed by atoms with van der Waals surface area (Å²) < 4.78 is 2.24. The summed E-state index contributed by atoms with van der Waals surface area (Å²) >= 11 is 0. The van der Waals surface area contributed by atoms with Gasteiger partial charge in [0.25, 0.3) is 0 Å². The Morgan fingerprint density at radius 3 is 2.48 bits per heavy atom. The molecule has 1 aromatic heterocycles. The van der Waals surface area contributed by atoms with Crippen LogP contribution < -0.4 is 5.32 Å². The van der Waals surface area contributed by atoms with Crippen molar-refractivity contribution in [2.75, 3.05) is 11.9 Å². The molecule has 0 radical (unpaired) electrons. The predicted molar refractivity (Wildman–Crippen MR) is 120 cm³/mol. The number of rotatable bonds is 8. The van der Waals surface area contributed by atoms with Crippen LogP contribution >= 0.6 is 0 Å². The van der Waals surface area contributed by atoms with Crippen LogP contribution in [0.5, 0.6) is 0 Å². The van der Waals surface area contributed by atoms with Gasteiger partial charge in [0.1, 0.15) is 0 Å². The van der Waals surface area contributed by atoms with Crippen LogP contribution in [0.2, 0.25) is 0 Å². The van der Waals surface area contributed by atoms with Crippen LogP contribution in [0.25, 0.3) is 0 Å². The van der Waals surface area contributed by atoms with Crippen LogP contribution in [0.3, 0.4) is 0 Å². The Labute approximate surface area is 174 Å². The molecule has 152 valence electrons. The number of amides is 2. The molecule has 1 heterocycles. The Balaban J connectivity index is 1.73. The molecule has 0 aliphatic heterocycles. The van der Waals surface area contributed by atoms with Crippen LogP contribution in [0, 0.1) is 13.8 Å². The number of urea groups is 1. The maximum Gasteiger partial charge on any atom is 0.322 e. The van der Waals surface area contributed by atoms with E-state index in [4.69, 9.17) is 0 Å². The first-order chi connectivity index (χ1) is 14.1. The van der Waals surface area contributed by atoms with Gasteiger partial charge >= 0.3 is 6.03 Å². The van der Waals surface area contributed by atoms with E-state index < -0.39 is 0 Å². The summed E-state index contributed by atoms with van der Waals surface area (Å²) in [6, 6.07) is 20.5. The van der Waals surface area contributed by atoms with E-state index in [-0.39, 0.29) is 6.03 Å². The summed E-state index contributed by atoms with van der Waals surface area (Å²) in [5, 5.41) is 3.05. The van der Waals surface area contributed by atoms with Crippen LogP contribution in [-0.4, -0.2) is 22.0 Å². The Bertz CT molecular complexity index is 927. The van der Waals surface area contributed by atoms with E-state index >= 15 is 0 Å². The zero-order valence-electron chi connectivity index (χ0n) is 17.7. The lowest BCUT2D eigenvalue weighted by Crippen LogP contribution is -2.36. The second-order valence-electron chi connectivity index (χ2n) is 7.63. The molecule has 3 rings (SSSR count). The molecule has 0 aliphatic rings. The molecule has 1 N–H and O–H groups in total. The Morgan fingerprint density at radius 2 is 1.76 bits per heavy atom. The third kappa shape index (κ3) is 5.74. The minimum absolute atomic E-state index is 0.0501. The van der Waals surface area contributed by atoms with Crippen molar-refractivity contribution in [3.05, 3.63) is 89.2 Å². The maximum atomic E-state index is 13.0. The van der Waals surface area contributed by atoms with Crippen LogP contribution in [0.15, 0.2) is 66.9 Å². The second-order valence-corrected chi connectivity index (χ2v) is 7.63.